The first-order valence-electron chi connectivity index (χ1n) is 10.4. The number of aromatic amines is 1. The average molecular weight is 446 g/mol. The number of halogens is 1. The Labute approximate surface area is 193 Å². The van der Waals surface area contributed by atoms with E-state index in [1.807, 2.05) is 83.8 Å². The molecule has 1 saturated heterocycles. The number of benzene rings is 2. The second-order valence-corrected chi connectivity index (χ2v) is 7.58. The first-order valence-corrected chi connectivity index (χ1v) is 10.4. The summed E-state index contributed by atoms with van der Waals surface area (Å²) >= 11 is 0. The van der Waals surface area contributed by atoms with Crippen molar-refractivity contribution in [2.24, 2.45) is 0 Å². The number of rotatable bonds is 4. The second kappa shape index (κ2) is 9.66. The number of carbonyl (C=O) groups excluding carboxylic acids is 1. The van der Waals surface area contributed by atoms with Crippen LogP contribution in [0.15, 0.2) is 72.9 Å². The number of H-pyrrole nitrogens is 1. The molecule has 1 fully saturated rings. The molecule has 1 amide bonds. The van der Waals surface area contributed by atoms with Crippen LogP contribution < -0.4 is 4.90 Å². The van der Waals surface area contributed by atoms with Gasteiger partial charge in [0.05, 0.1) is 11.2 Å². The largest absolute Gasteiger partial charge is 0.353 e. The molecule has 2 aromatic carbocycles. The maximum Gasteiger partial charge on any atom is 0.253 e. The number of piperazine rings is 1. The lowest BCUT2D eigenvalue weighted by Gasteiger charge is -2.35. The SMILES string of the molecule is Cl.O=C(c1ccc(/C=C/c2n[nH]c3ccccc23)cc1)N1CCN(c2ccccn2)CC1. The summed E-state index contributed by atoms with van der Waals surface area (Å²) in [6, 6.07) is 21.7. The van der Waals surface area contributed by atoms with Crippen LogP contribution in [0.3, 0.4) is 0 Å². The van der Waals surface area contributed by atoms with Gasteiger partial charge in [0, 0.05) is 43.3 Å². The number of amides is 1. The molecule has 5 rings (SSSR count). The Kier molecular flexibility index (Phi) is 6.52. The van der Waals surface area contributed by atoms with E-state index in [9.17, 15) is 4.79 Å². The number of carbonyl (C=O) groups is 1. The molecule has 2 aromatic heterocycles. The van der Waals surface area contributed by atoms with Crippen LogP contribution in [-0.4, -0.2) is 52.2 Å². The summed E-state index contributed by atoms with van der Waals surface area (Å²) in [5, 5.41) is 8.50. The van der Waals surface area contributed by atoms with Crippen molar-refractivity contribution in [3.63, 3.8) is 0 Å². The third-order valence-electron chi connectivity index (χ3n) is 5.63. The summed E-state index contributed by atoms with van der Waals surface area (Å²) in [7, 11) is 0. The zero-order valence-corrected chi connectivity index (χ0v) is 18.3. The standard InChI is InChI=1S/C25H23N5O.ClH/c31-25(30-17-15-29(16-18-30)24-7-3-4-14-26-24)20-11-8-19(9-12-20)10-13-23-21-5-1-2-6-22(21)27-28-23;/h1-14H,15-18H2,(H,27,28);1H/b13-10+;. The number of para-hydroxylation sites is 1. The van der Waals surface area contributed by atoms with E-state index in [2.05, 4.69) is 20.1 Å². The van der Waals surface area contributed by atoms with Gasteiger partial charge >= 0.3 is 0 Å². The normalized spacial score (nSPS) is 14.0. The van der Waals surface area contributed by atoms with Gasteiger partial charge in [0.25, 0.3) is 5.91 Å². The maximum atomic E-state index is 12.9. The molecule has 7 heteroatoms. The van der Waals surface area contributed by atoms with Crippen molar-refractivity contribution in [1.82, 2.24) is 20.1 Å². The highest BCUT2D eigenvalue weighted by Gasteiger charge is 2.22. The number of nitrogens with one attached hydrogen (secondary N) is 1. The molecule has 1 aliphatic rings. The molecule has 3 heterocycles. The monoisotopic (exact) mass is 445 g/mol. The summed E-state index contributed by atoms with van der Waals surface area (Å²) < 4.78 is 0. The molecule has 1 N–H and O–H groups in total. The van der Waals surface area contributed by atoms with Gasteiger partial charge in [-0.2, -0.15) is 5.10 Å². The molecule has 0 radical (unpaired) electrons. The summed E-state index contributed by atoms with van der Waals surface area (Å²) in [5.74, 6) is 1.05. The highest BCUT2D eigenvalue weighted by Crippen LogP contribution is 2.19. The van der Waals surface area contributed by atoms with E-state index in [1.54, 1.807) is 6.20 Å². The van der Waals surface area contributed by atoms with Crippen LogP contribution in [0, 0.1) is 0 Å². The zero-order valence-electron chi connectivity index (χ0n) is 17.5. The quantitative estimate of drug-likeness (QED) is 0.502. The third-order valence-corrected chi connectivity index (χ3v) is 5.63. The fourth-order valence-electron chi connectivity index (χ4n) is 3.89. The van der Waals surface area contributed by atoms with E-state index in [0.717, 1.165) is 41.1 Å². The Morgan fingerprint density at radius 2 is 1.62 bits per heavy atom. The van der Waals surface area contributed by atoms with E-state index in [0.29, 0.717) is 18.7 Å². The van der Waals surface area contributed by atoms with E-state index in [1.165, 1.54) is 0 Å². The van der Waals surface area contributed by atoms with Crippen molar-refractivity contribution in [2.75, 3.05) is 31.1 Å². The molecule has 0 spiro atoms. The average Bonchev–Trinajstić information content (AvgIpc) is 3.26. The number of aromatic nitrogens is 3. The molecule has 162 valence electrons. The van der Waals surface area contributed by atoms with Gasteiger partial charge in [-0.25, -0.2) is 4.98 Å². The molecule has 0 bridgehead atoms. The number of hydrogen-bond donors (Lipinski definition) is 1. The Morgan fingerprint density at radius 1 is 0.875 bits per heavy atom. The predicted molar refractivity (Wildman–Crippen MR) is 131 cm³/mol. The summed E-state index contributed by atoms with van der Waals surface area (Å²) in [4.78, 5) is 21.4. The Morgan fingerprint density at radius 3 is 2.38 bits per heavy atom. The van der Waals surface area contributed by atoms with Crippen molar-refractivity contribution in [3.8, 4) is 0 Å². The zero-order chi connectivity index (χ0) is 21.0. The van der Waals surface area contributed by atoms with Gasteiger partial charge in [-0.05, 0) is 42.0 Å². The lowest BCUT2D eigenvalue weighted by atomic mass is 10.1. The molecular weight excluding hydrogens is 422 g/mol. The van der Waals surface area contributed by atoms with Gasteiger partial charge < -0.3 is 9.80 Å². The van der Waals surface area contributed by atoms with Crippen molar-refractivity contribution in [2.45, 2.75) is 0 Å². The van der Waals surface area contributed by atoms with Crippen LogP contribution in [0.25, 0.3) is 23.1 Å². The van der Waals surface area contributed by atoms with Crippen LogP contribution in [0.2, 0.25) is 0 Å². The van der Waals surface area contributed by atoms with Gasteiger partial charge in [0.2, 0.25) is 0 Å². The highest BCUT2D eigenvalue weighted by atomic mass is 35.5. The Hall–Kier alpha value is -3.64. The van der Waals surface area contributed by atoms with Crippen LogP contribution in [0.4, 0.5) is 5.82 Å². The second-order valence-electron chi connectivity index (χ2n) is 7.58. The Balaban J connectivity index is 0.00000245. The molecule has 4 aromatic rings. The van der Waals surface area contributed by atoms with E-state index < -0.39 is 0 Å². The summed E-state index contributed by atoms with van der Waals surface area (Å²) in [5.41, 5.74) is 3.67. The molecule has 1 aliphatic heterocycles. The first kappa shape index (κ1) is 21.6. The maximum absolute atomic E-state index is 12.9. The van der Waals surface area contributed by atoms with Crippen LogP contribution in [0.5, 0.6) is 0 Å². The molecule has 0 aliphatic carbocycles. The minimum Gasteiger partial charge on any atom is -0.353 e. The first-order chi connectivity index (χ1) is 15.3. The summed E-state index contributed by atoms with van der Waals surface area (Å²) in [6.45, 7) is 2.98. The smallest absolute Gasteiger partial charge is 0.253 e. The Bertz CT molecular complexity index is 1210. The lowest BCUT2D eigenvalue weighted by Crippen LogP contribution is -2.49. The number of pyridine rings is 1. The van der Waals surface area contributed by atoms with Crippen LogP contribution in [-0.2, 0) is 0 Å². The van der Waals surface area contributed by atoms with Gasteiger partial charge in [0.1, 0.15) is 5.82 Å². The lowest BCUT2D eigenvalue weighted by molar-refractivity contribution is 0.0746. The van der Waals surface area contributed by atoms with Gasteiger partial charge in [0.15, 0.2) is 0 Å². The van der Waals surface area contributed by atoms with Crippen molar-refractivity contribution >= 4 is 47.2 Å². The number of nitrogens with zero attached hydrogens (tertiary/aromatic N) is 4. The topological polar surface area (TPSA) is 65.1 Å². The molecule has 32 heavy (non-hydrogen) atoms. The molecule has 6 nitrogen and oxygen atoms in total. The number of fused-ring (bicyclic) bond motifs is 1. The molecular formula is C25H24ClN5O. The van der Waals surface area contributed by atoms with Gasteiger partial charge in [-0.1, -0.05) is 42.5 Å². The summed E-state index contributed by atoms with van der Waals surface area (Å²) in [6.07, 6.45) is 5.81. The van der Waals surface area contributed by atoms with Crippen molar-refractivity contribution < 1.29 is 4.79 Å². The number of hydrogen-bond acceptors (Lipinski definition) is 4. The van der Waals surface area contributed by atoms with Crippen LogP contribution >= 0.6 is 12.4 Å². The minimum absolute atomic E-state index is 0. The predicted octanol–water partition coefficient (Wildman–Crippen LogP) is 4.51. The van der Waals surface area contributed by atoms with Gasteiger partial charge in [-0.3, -0.25) is 9.89 Å². The fraction of sp³-hybridized carbons (Fsp3) is 0.160. The van der Waals surface area contributed by atoms with E-state index in [4.69, 9.17) is 0 Å². The fourth-order valence-corrected chi connectivity index (χ4v) is 3.89. The van der Waals surface area contributed by atoms with Gasteiger partial charge in [-0.15, -0.1) is 12.4 Å². The van der Waals surface area contributed by atoms with E-state index in [-0.39, 0.29) is 18.3 Å². The highest BCUT2D eigenvalue weighted by molar-refractivity contribution is 5.95. The third kappa shape index (κ3) is 4.50. The van der Waals surface area contributed by atoms with Crippen molar-refractivity contribution in [1.29, 1.82) is 0 Å². The molecule has 0 saturated carbocycles. The van der Waals surface area contributed by atoms with Crippen LogP contribution in [0.1, 0.15) is 21.6 Å². The van der Waals surface area contributed by atoms with E-state index >= 15 is 0 Å². The molecule has 0 atom stereocenters. The minimum atomic E-state index is 0. The van der Waals surface area contributed by atoms with Crippen molar-refractivity contribution in [3.05, 3.63) is 89.7 Å². The number of anilines is 1. The molecule has 0 unspecified atom stereocenters.